The Hall–Kier alpha value is -0.890. The third kappa shape index (κ3) is 5.04. The Morgan fingerprint density at radius 1 is 1.13 bits per heavy atom. The molecule has 2 saturated heterocycles. The number of hydrogen-bond donors (Lipinski definition) is 1. The normalized spacial score (nSPS) is 22.3. The molecule has 2 aliphatic rings. The number of nitrogens with zero attached hydrogens (tertiary/aromatic N) is 2. The van der Waals surface area contributed by atoms with E-state index in [2.05, 4.69) is 0 Å². The number of carbonyl (C=O) groups excluding carboxylic acids is 2. The molecule has 2 rings (SSSR count). The highest BCUT2D eigenvalue weighted by Crippen LogP contribution is 2.30. The van der Waals surface area contributed by atoms with Crippen LogP contribution < -0.4 is 0 Å². The average molecular weight is 361 g/mol. The van der Waals surface area contributed by atoms with E-state index < -0.39 is 17.4 Å². The first kappa shape index (κ1) is 18.4. The van der Waals surface area contributed by atoms with E-state index in [4.69, 9.17) is 5.11 Å². The zero-order valence-corrected chi connectivity index (χ0v) is 15.3. The first-order chi connectivity index (χ1) is 10.8. The topological polar surface area (TPSA) is 77.9 Å². The third-order valence-corrected chi connectivity index (χ3v) is 6.02. The van der Waals surface area contributed by atoms with Crippen LogP contribution in [0.3, 0.4) is 0 Å². The summed E-state index contributed by atoms with van der Waals surface area (Å²) in [5, 5.41) is 8.95. The predicted octanol–water partition coefficient (Wildman–Crippen LogP) is 1.35. The molecule has 8 heteroatoms. The summed E-state index contributed by atoms with van der Waals surface area (Å²) in [6.45, 7) is 5.05. The van der Waals surface area contributed by atoms with Crippen LogP contribution >= 0.6 is 23.5 Å². The van der Waals surface area contributed by atoms with Gasteiger partial charge < -0.3 is 14.9 Å². The number of carboxylic acids is 1. The molecular weight excluding hydrogens is 336 g/mol. The quantitative estimate of drug-likeness (QED) is 0.797. The van der Waals surface area contributed by atoms with Crippen LogP contribution in [0.15, 0.2) is 0 Å². The van der Waals surface area contributed by atoms with Gasteiger partial charge >= 0.3 is 5.97 Å². The Morgan fingerprint density at radius 3 is 2.39 bits per heavy atom. The minimum Gasteiger partial charge on any atom is -0.481 e. The number of hydrogen-bond acceptors (Lipinski definition) is 5. The van der Waals surface area contributed by atoms with E-state index in [0.29, 0.717) is 11.6 Å². The molecule has 1 N–H and O–H groups in total. The molecule has 1 atom stereocenters. The number of thioether (sulfide) groups is 2. The summed E-state index contributed by atoms with van der Waals surface area (Å²) >= 11 is 3.43. The highest BCUT2D eigenvalue weighted by Gasteiger charge is 2.39. The van der Waals surface area contributed by atoms with Crippen molar-refractivity contribution >= 4 is 41.3 Å². The van der Waals surface area contributed by atoms with Gasteiger partial charge in [-0.1, -0.05) is 13.8 Å². The molecule has 0 bridgehead atoms. The van der Waals surface area contributed by atoms with Crippen LogP contribution in [0, 0.1) is 5.41 Å². The van der Waals surface area contributed by atoms with E-state index in [1.165, 1.54) is 0 Å². The Morgan fingerprint density at radius 2 is 1.78 bits per heavy atom. The summed E-state index contributed by atoms with van der Waals surface area (Å²) in [5.41, 5.74) is -0.606. The fraction of sp³-hybridized carbons (Fsp3) is 0.800. The van der Waals surface area contributed by atoms with Gasteiger partial charge in [-0.2, -0.15) is 11.8 Å². The maximum Gasteiger partial charge on any atom is 0.303 e. The van der Waals surface area contributed by atoms with Crippen molar-refractivity contribution < 1.29 is 19.5 Å². The monoisotopic (exact) mass is 360 g/mol. The van der Waals surface area contributed by atoms with Crippen LogP contribution in [-0.2, 0) is 14.4 Å². The van der Waals surface area contributed by atoms with Gasteiger partial charge in [0.15, 0.2) is 0 Å². The molecule has 0 radical (unpaired) electrons. The fourth-order valence-corrected chi connectivity index (χ4v) is 4.95. The lowest BCUT2D eigenvalue weighted by atomic mass is 9.85. The molecule has 0 aliphatic carbocycles. The van der Waals surface area contributed by atoms with Crippen molar-refractivity contribution in [2.24, 2.45) is 5.41 Å². The van der Waals surface area contributed by atoms with Gasteiger partial charge in [-0.3, -0.25) is 14.4 Å². The summed E-state index contributed by atoms with van der Waals surface area (Å²) in [5.74, 6) is 2.06. The largest absolute Gasteiger partial charge is 0.481 e. The molecule has 2 amide bonds. The predicted molar refractivity (Wildman–Crippen MR) is 92.5 cm³/mol. The summed E-state index contributed by atoms with van der Waals surface area (Å²) in [6, 6.07) is -0.392. The highest BCUT2D eigenvalue weighted by atomic mass is 32.2. The van der Waals surface area contributed by atoms with Crippen LogP contribution in [0.25, 0.3) is 0 Å². The van der Waals surface area contributed by atoms with Gasteiger partial charge in [0.1, 0.15) is 6.04 Å². The summed E-state index contributed by atoms with van der Waals surface area (Å²) < 4.78 is 0. The van der Waals surface area contributed by atoms with Crippen LogP contribution in [-0.4, -0.2) is 75.0 Å². The summed E-state index contributed by atoms with van der Waals surface area (Å²) in [7, 11) is 0. The first-order valence-electron chi connectivity index (χ1n) is 7.76. The van der Waals surface area contributed by atoms with Crippen molar-refractivity contribution in [2.75, 3.05) is 36.2 Å². The lowest BCUT2D eigenvalue weighted by Crippen LogP contribution is -2.51. The van der Waals surface area contributed by atoms with Crippen molar-refractivity contribution in [3.8, 4) is 0 Å². The molecule has 0 aromatic rings. The molecule has 0 aromatic carbocycles. The maximum absolute atomic E-state index is 12.7. The molecule has 0 saturated carbocycles. The smallest absolute Gasteiger partial charge is 0.303 e. The molecule has 2 heterocycles. The second-order valence-corrected chi connectivity index (χ2v) is 8.95. The molecule has 2 fully saturated rings. The average Bonchev–Trinajstić information content (AvgIpc) is 2.95. The van der Waals surface area contributed by atoms with Crippen LogP contribution in [0.2, 0.25) is 0 Å². The van der Waals surface area contributed by atoms with Crippen LogP contribution in [0.1, 0.15) is 26.7 Å². The summed E-state index contributed by atoms with van der Waals surface area (Å²) in [4.78, 5) is 39.7. The van der Waals surface area contributed by atoms with Gasteiger partial charge in [0, 0.05) is 36.8 Å². The molecule has 6 nitrogen and oxygen atoms in total. The lowest BCUT2D eigenvalue weighted by molar-refractivity contribution is -0.145. The van der Waals surface area contributed by atoms with E-state index in [9.17, 15) is 14.4 Å². The van der Waals surface area contributed by atoms with Gasteiger partial charge in [-0.25, -0.2) is 0 Å². The standard InChI is InChI=1S/C15H24N2O4S2/c1-15(2,8-13(19)20)7-12(18)17-10-23-9-11(17)14(21)16-3-5-22-6-4-16/h11H,3-10H2,1-2H3,(H,19,20). The summed E-state index contributed by atoms with van der Waals surface area (Å²) in [6.07, 6.45) is 0.0984. The Labute approximate surface area is 145 Å². The SMILES string of the molecule is CC(C)(CC(=O)O)CC(=O)N1CSCC1C(=O)N1CCSCC1. The zero-order chi connectivity index (χ0) is 17.0. The van der Waals surface area contributed by atoms with Crippen LogP contribution in [0.4, 0.5) is 0 Å². The van der Waals surface area contributed by atoms with Gasteiger partial charge in [-0.15, -0.1) is 11.8 Å². The third-order valence-electron chi connectivity index (χ3n) is 4.07. The Kier molecular flexibility index (Phi) is 6.25. The fourth-order valence-electron chi connectivity index (χ4n) is 2.87. The highest BCUT2D eigenvalue weighted by molar-refractivity contribution is 7.99. The minimum absolute atomic E-state index is 0.0414. The van der Waals surface area contributed by atoms with Crippen molar-refractivity contribution in [3.63, 3.8) is 0 Å². The second kappa shape index (κ2) is 7.79. The van der Waals surface area contributed by atoms with Crippen molar-refractivity contribution in [3.05, 3.63) is 0 Å². The number of carbonyl (C=O) groups is 3. The minimum atomic E-state index is -0.906. The van der Waals surface area contributed by atoms with Crippen molar-refractivity contribution in [1.82, 2.24) is 9.80 Å². The molecule has 23 heavy (non-hydrogen) atoms. The lowest BCUT2D eigenvalue weighted by Gasteiger charge is -2.33. The van der Waals surface area contributed by atoms with E-state index in [1.54, 1.807) is 30.5 Å². The van der Waals surface area contributed by atoms with E-state index in [-0.39, 0.29) is 24.7 Å². The molecule has 0 aromatic heterocycles. The second-order valence-electron chi connectivity index (χ2n) is 6.73. The first-order valence-corrected chi connectivity index (χ1v) is 10.1. The van der Waals surface area contributed by atoms with Gasteiger partial charge in [-0.05, 0) is 5.41 Å². The number of carboxylic acid groups (broad SMARTS) is 1. The molecule has 0 spiro atoms. The number of rotatable bonds is 5. The maximum atomic E-state index is 12.7. The van der Waals surface area contributed by atoms with Gasteiger partial charge in [0.25, 0.3) is 0 Å². The van der Waals surface area contributed by atoms with E-state index in [1.807, 2.05) is 16.7 Å². The Bertz CT molecular complexity index is 478. The van der Waals surface area contributed by atoms with Crippen molar-refractivity contribution in [1.29, 1.82) is 0 Å². The zero-order valence-electron chi connectivity index (χ0n) is 13.6. The van der Waals surface area contributed by atoms with Crippen molar-refractivity contribution in [2.45, 2.75) is 32.7 Å². The molecule has 130 valence electrons. The van der Waals surface area contributed by atoms with Gasteiger partial charge in [0.05, 0.1) is 12.3 Å². The van der Waals surface area contributed by atoms with Crippen LogP contribution in [0.5, 0.6) is 0 Å². The van der Waals surface area contributed by atoms with Gasteiger partial charge in [0.2, 0.25) is 11.8 Å². The molecule has 2 aliphatic heterocycles. The van der Waals surface area contributed by atoms with E-state index >= 15 is 0 Å². The number of aliphatic carboxylic acids is 1. The molecule has 1 unspecified atom stereocenters. The Balaban J connectivity index is 1.98. The van der Waals surface area contributed by atoms with E-state index in [0.717, 1.165) is 24.6 Å². The molecular formula is C15H24N2O4S2. The number of amides is 2.